The number of nitrogens with zero attached hydrogens (tertiary/aromatic N) is 2. The van der Waals surface area contributed by atoms with Crippen LogP contribution in [0.4, 0.5) is 0 Å². The minimum absolute atomic E-state index is 0.645. The highest BCUT2D eigenvalue weighted by molar-refractivity contribution is 5.00. The van der Waals surface area contributed by atoms with E-state index >= 15 is 0 Å². The van der Waals surface area contributed by atoms with Gasteiger partial charge in [-0.3, -0.25) is 0 Å². The Balaban J connectivity index is 2.28. The molecular weight excluding hydrogens is 222 g/mol. The zero-order valence-electron chi connectivity index (χ0n) is 12.4. The summed E-state index contributed by atoms with van der Waals surface area (Å²) >= 11 is 0. The van der Waals surface area contributed by atoms with Gasteiger partial charge in [0.05, 0.1) is 6.07 Å². The highest BCUT2D eigenvalue weighted by Crippen LogP contribution is 2.27. The van der Waals surface area contributed by atoms with Crippen molar-refractivity contribution in [1.82, 2.24) is 4.90 Å². The first-order valence-electron chi connectivity index (χ1n) is 7.30. The average molecular weight is 251 g/mol. The Kier molecular flexibility index (Phi) is 5.62. The van der Waals surface area contributed by atoms with Gasteiger partial charge in [0.1, 0.15) is 5.54 Å². The summed E-state index contributed by atoms with van der Waals surface area (Å²) in [7, 11) is 0. The van der Waals surface area contributed by atoms with E-state index in [1.807, 2.05) is 6.92 Å². The lowest BCUT2D eigenvalue weighted by Crippen LogP contribution is -2.46. The highest BCUT2D eigenvalue weighted by atomic mass is 15.2. The molecular formula is C15H29N3. The van der Waals surface area contributed by atoms with Gasteiger partial charge in [-0.1, -0.05) is 13.8 Å². The molecule has 0 aliphatic carbocycles. The second-order valence-corrected chi connectivity index (χ2v) is 6.54. The molecule has 3 heteroatoms. The van der Waals surface area contributed by atoms with Crippen LogP contribution in [0.25, 0.3) is 0 Å². The van der Waals surface area contributed by atoms with Crippen molar-refractivity contribution in [3.05, 3.63) is 0 Å². The van der Waals surface area contributed by atoms with E-state index in [2.05, 4.69) is 31.7 Å². The molecule has 0 spiro atoms. The van der Waals surface area contributed by atoms with Crippen LogP contribution in [0.1, 0.15) is 53.4 Å². The fourth-order valence-electron chi connectivity index (χ4n) is 2.99. The summed E-state index contributed by atoms with van der Waals surface area (Å²) in [6, 6.07) is 2.86. The van der Waals surface area contributed by atoms with E-state index < -0.39 is 5.54 Å². The molecule has 3 nitrogen and oxygen atoms in total. The van der Waals surface area contributed by atoms with Gasteiger partial charge in [-0.05, 0) is 57.9 Å². The number of hydrogen-bond donors (Lipinski definition) is 1. The molecule has 0 aromatic heterocycles. The number of piperidine rings is 1. The van der Waals surface area contributed by atoms with Crippen LogP contribution >= 0.6 is 0 Å². The molecule has 104 valence electrons. The first-order chi connectivity index (χ1) is 8.35. The van der Waals surface area contributed by atoms with Gasteiger partial charge < -0.3 is 10.6 Å². The summed E-state index contributed by atoms with van der Waals surface area (Å²) in [5, 5.41) is 8.87. The molecule has 4 atom stereocenters. The zero-order chi connectivity index (χ0) is 13.8. The maximum absolute atomic E-state index is 8.87. The lowest BCUT2D eigenvalue weighted by atomic mass is 9.86. The van der Waals surface area contributed by atoms with E-state index in [1.54, 1.807) is 0 Å². The third kappa shape index (κ3) is 4.59. The Labute approximate surface area is 112 Å². The number of nitriles is 1. The molecule has 1 rings (SSSR count). The first kappa shape index (κ1) is 15.5. The van der Waals surface area contributed by atoms with E-state index in [1.165, 1.54) is 13.0 Å². The van der Waals surface area contributed by atoms with Crippen molar-refractivity contribution in [3.8, 4) is 6.07 Å². The summed E-state index contributed by atoms with van der Waals surface area (Å²) in [4.78, 5) is 2.61. The van der Waals surface area contributed by atoms with Crippen molar-refractivity contribution in [2.24, 2.45) is 17.6 Å². The van der Waals surface area contributed by atoms with E-state index in [9.17, 15) is 0 Å². The summed E-state index contributed by atoms with van der Waals surface area (Å²) in [6.07, 6.45) is 4.36. The van der Waals surface area contributed by atoms with Gasteiger partial charge in [0.25, 0.3) is 0 Å². The molecule has 0 aromatic carbocycles. The monoisotopic (exact) mass is 251 g/mol. The van der Waals surface area contributed by atoms with Gasteiger partial charge in [0.2, 0.25) is 0 Å². The topological polar surface area (TPSA) is 53.0 Å². The Bertz CT molecular complexity index is 293. The molecule has 1 aliphatic rings. The Morgan fingerprint density at radius 3 is 2.61 bits per heavy atom. The van der Waals surface area contributed by atoms with Gasteiger partial charge in [-0.25, -0.2) is 0 Å². The van der Waals surface area contributed by atoms with E-state index in [0.717, 1.165) is 37.6 Å². The molecule has 1 aliphatic heterocycles. The molecule has 1 fully saturated rings. The molecule has 0 radical (unpaired) electrons. The largest absolute Gasteiger partial charge is 0.314 e. The minimum atomic E-state index is -0.645. The van der Waals surface area contributed by atoms with Crippen molar-refractivity contribution in [2.75, 3.05) is 13.1 Å². The maximum Gasteiger partial charge on any atom is 0.101 e. The fourth-order valence-corrected chi connectivity index (χ4v) is 2.99. The number of hydrogen-bond acceptors (Lipinski definition) is 3. The Hall–Kier alpha value is -0.590. The van der Waals surface area contributed by atoms with Gasteiger partial charge in [0.15, 0.2) is 0 Å². The van der Waals surface area contributed by atoms with Crippen molar-refractivity contribution in [3.63, 3.8) is 0 Å². The number of nitrogens with two attached hydrogens (primary N) is 1. The fraction of sp³-hybridized carbons (Fsp3) is 0.933. The average Bonchev–Trinajstić information content (AvgIpc) is 2.30. The van der Waals surface area contributed by atoms with Crippen LogP contribution in [-0.2, 0) is 0 Å². The third-order valence-electron chi connectivity index (χ3n) is 4.37. The quantitative estimate of drug-likeness (QED) is 0.764. The smallest absolute Gasteiger partial charge is 0.101 e. The van der Waals surface area contributed by atoms with Crippen molar-refractivity contribution >= 4 is 0 Å². The summed E-state index contributed by atoms with van der Waals surface area (Å²) in [5.41, 5.74) is 5.19. The number of unbranched alkanes of at least 4 members (excludes halogenated alkanes) is 1. The lowest BCUT2D eigenvalue weighted by Gasteiger charge is -2.41. The molecule has 0 saturated carbocycles. The van der Waals surface area contributed by atoms with Crippen LogP contribution in [0, 0.1) is 23.2 Å². The Morgan fingerprint density at radius 1 is 1.33 bits per heavy atom. The molecule has 2 N–H and O–H groups in total. The van der Waals surface area contributed by atoms with Crippen LogP contribution in [0.2, 0.25) is 0 Å². The van der Waals surface area contributed by atoms with E-state index in [4.69, 9.17) is 11.0 Å². The second-order valence-electron chi connectivity index (χ2n) is 6.54. The zero-order valence-corrected chi connectivity index (χ0v) is 12.4. The SMILES string of the molecule is CC1CC(C)C(C)N(CCCCC(C)(N)C#N)C1. The Morgan fingerprint density at radius 2 is 2.00 bits per heavy atom. The first-order valence-corrected chi connectivity index (χ1v) is 7.30. The van der Waals surface area contributed by atoms with Crippen LogP contribution in [0.15, 0.2) is 0 Å². The molecule has 4 unspecified atom stereocenters. The van der Waals surface area contributed by atoms with Crippen LogP contribution in [0.3, 0.4) is 0 Å². The third-order valence-corrected chi connectivity index (χ3v) is 4.37. The molecule has 0 aromatic rings. The standard InChI is InChI=1S/C15H29N3/c1-12-9-13(2)14(3)18(10-12)8-6-5-7-15(4,17)11-16/h12-14H,5-10,17H2,1-4H3. The van der Waals surface area contributed by atoms with Gasteiger partial charge in [0, 0.05) is 12.6 Å². The van der Waals surface area contributed by atoms with Gasteiger partial charge in [-0.2, -0.15) is 5.26 Å². The minimum Gasteiger partial charge on any atom is -0.314 e. The maximum atomic E-state index is 8.87. The van der Waals surface area contributed by atoms with Crippen LogP contribution < -0.4 is 5.73 Å². The summed E-state index contributed by atoms with van der Waals surface area (Å²) in [6.45, 7) is 11.3. The van der Waals surface area contributed by atoms with Crippen molar-refractivity contribution in [1.29, 1.82) is 5.26 Å². The molecule has 18 heavy (non-hydrogen) atoms. The normalized spacial score (nSPS) is 32.8. The molecule has 0 amide bonds. The van der Waals surface area contributed by atoms with Crippen molar-refractivity contribution < 1.29 is 0 Å². The van der Waals surface area contributed by atoms with Crippen molar-refractivity contribution in [2.45, 2.75) is 65.0 Å². The summed E-state index contributed by atoms with van der Waals surface area (Å²) in [5.74, 6) is 1.61. The molecule has 0 bridgehead atoms. The highest BCUT2D eigenvalue weighted by Gasteiger charge is 2.28. The second kappa shape index (κ2) is 6.54. The van der Waals surface area contributed by atoms with Crippen LogP contribution in [-0.4, -0.2) is 29.6 Å². The van der Waals surface area contributed by atoms with Gasteiger partial charge >= 0.3 is 0 Å². The summed E-state index contributed by atoms with van der Waals surface area (Å²) < 4.78 is 0. The predicted molar refractivity (Wildman–Crippen MR) is 76.0 cm³/mol. The van der Waals surface area contributed by atoms with Crippen LogP contribution in [0.5, 0.6) is 0 Å². The molecule has 1 heterocycles. The van der Waals surface area contributed by atoms with E-state index in [0.29, 0.717) is 6.04 Å². The lowest BCUT2D eigenvalue weighted by molar-refractivity contribution is 0.0778. The van der Waals surface area contributed by atoms with Gasteiger partial charge in [-0.15, -0.1) is 0 Å². The predicted octanol–water partition coefficient (Wildman–Crippen LogP) is 2.76. The van der Waals surface area contributed by atoms with E-state index in [-0.39, 0.29) is 0 Å². The number of rotatable bonds is 5. The molecule has 1 saturated heterocycles. The number of likely N-dealkylation sites (tertiary alicyclic amines) is 1.